The Balaban J connectivity index is 2.30. The van der Waals surface area contributed by atoms with Gasteiger partial charge >= 0.3 is 0 Å². The van der Waals surface area contributed by atoms with Gasteiger partial charge in [-0.15, -0.1) is 0 Å². The average Bonchev–Trinajstić information content (AvgIpc) is 2.43. The summed E-state index contributed by atoms with van der Waals surface area (Å²) in [4.78, 5) is 12.3. The Labute approximate surface area is 138 Å². The average molecular weight is 420 g/mol. The van der Waals surface area contributed by atoms with Crippen LogP contribution in [0.2, 0.25) is 5.02 Å². The number of rotatable bonds is 3. The maximum absolute atomic E-state index is 12.3. The SMILES string of the molecule is COc1ccc(Br)c(NC(=O)c2cc(Br)ccc2Cl)c1. The van der Waals surface area contributed by atoms with Gasteiger partial charge in [0.2, 0.25) is 0 Å². The third-order valence-electron chi connectivity index (χ3n) is 2.59. The zero-order valence-corrected chi connectivity index (χ0v) is 14.3. The Kier molecular flexibility index (Phi) is 5.07. The molecule has 104 valence electrons. The number of ether oxygens (including phenoxy) is 1. The van der Waals surface area contributed by atoms with Gasteiger partial charge < -0.3 is 10.1 Å². The Morgan fingerprint density at radius 2 is 1.95 bits per heavy atom. The summed E-state index contributed by atoms with van der Waals surface area (Å²) in [7, 11) is 1.57. The van der Waals surface area contributed by atoms with Crippen molar-refractivity contribution in [3.63, 3.8) is 0 Å². The first kappa shape index (κ1) is 15.4. The Hall–Kier alpha value is -1.04. The lowest BCUT2D eigenvalue weighted by Crippen LogP contribution is -2.13. The van der Waals surface area contributed by atoms with Gasteiger partial charge in [-0.2, -0.15) is 0 Å². The second kappa shape index (κ2) is 6.61. The summed E-state index contributed by atoms with van der Waals surface area (Å²) in [5.74, 6) is 0.370. The highest BCUT2D eigenvalue weighted by Crippen LogP contribution is 2.28. The molecule has 6 heteroatoms. The third kappa shape index (κ3) is 3.53. The zero-order chi connectivity index (χ0) is 14.7. The Morgan fingerprint density at radius 3 is 2.65 bits per heavy atom. The van der Waals surface area contributed by atoms with E-state index in [0.29, 0.717) is 22.0 Å². The number of nitrogens with one attached hydrogen (secondary N) is 1. The number of anilines is 1. The molecule has 0 spiro atoms. The maximum atomic E-state index is 12.3. The molecule has 1 N–H and O–H groups in total. The molecule has 0 unspecified atom stereocenters. The minimum absolute atomic E-state index is 0.287. The van der Waals surface area contributed by atoms with Crippen LogP contribution >= 0.6 is 43.5 Å². The lowest BCUT2D eigenvalue weighted by Gasteiger charge is -2.10. The van der Waals surface area contributed by atoms with E-state index in [1.807, 2.05) is 0 Å². The number of hydrogen-bond donors (Lipinski definition) is 1. The molecule has 2 aromatic rings. The van der Waals surface area contributed by atoms with E-state index in [2.05, 4.69) is 37.2 Å². The van der Waals surface area contributed by atoms with E-state index in [0.717, 1.165) is 8.95 Å². The van der Waals surface area contributed by atoms with Gasteiger partial charge in [-0.25, -0.2) is 0 Å². The summed E-state index contributed by atoms with van der Waals surface area (Å²) in [6.45, 7) is 0. The Morgan fingerprint density at radius 1 is 1.20 bits per heavy atom. The van der Waals surface area contributed by atoms with E-state index in [4.69, 9.17) is 16.3 Å². The van der Waals surface area contributed by atoms with E-state index in [-0.39, 0.29) is 5.91 Å². The highest BCUT2D eigenvalue weighted by molar-refractivity contribution is 9.10. The van der Waals surface area contributed by atoms with Crippen LogP contribution in [-0.4, -0.2) is 13.0 Å². The zero-order valence-electron chi connectivity index (χ0n) is 10.4. The minimum Gasteiger partial charge on any atom is -0.497 e. The number of carbonyl (C=O) groups is 1. The first-order chi connectivity index (χ1) is 9.51. The fraction of sp³-hybridized carbons (Fsp3) is 0.0714. The van der Waals surface area contributed by atoms with Crippen LogP contribution < -0.4 is 10.1 Å². The molecule has 0 bridgehead atoms. The summed E-state index contributed by atoms with van der Waals surface area (Å²) in [6.07, 6.45) is 0. The number of methoxy groups -OCH3 is 1. The van der Waals surface area contributed by atoms with Crippen molar-refractivity contribution in [2.75, 3.05) is 12.4 Å². The normalized spacial score (nSPS) is 10.2. The van der Waals surface area contributed by atoms with Gasteiger partial charge in [0.15, 0.2) is 0 Å². The van der Waals surface area contributed by atoms with Gasteiger partial charge in [-0.1, -0.05) is 27.5 Å². The van der Waals surface area contributed by atoms with E-state index in [1.165, 1.54) is 0 Å². The largest absolute Gasteiger partial charge is 0.497 e. The number of benzene rings is 2. The topological polar surface area (TPSA) is 38.3 Å². The van der Waals surface area contributed by atoms with Crippen LogP contribution in [0.4, 0.5) is 5.69 Å². The van der Waals surface area contributed by atoms with Gasteiger partial charge in [0.05, 0.1) is 23.4 Å². The summed E-state index contributed by atoms with van der Waals surface area (Å²) in [5, 5.41) is 3.19. The lowest BCUT2D eigenvalue weighted by atomic mass is 10.2. The maximum Gasteiger partial charge on any atom is 0.257 e. The van der Waals surface area contributed by atoms with E-state index < -0.39 is 0 Å². The molecular formula is C14H10Br2ClNO2. The van der Waals surface area contributed by atoms with Crippen LogP contribution in [0.15, 0.2) is 45.3 Å². The van der Waals surface area contributed by atoms with Gasteiger partial charge in [0.25, 0.3) is 5.91 Å². The van der Waals surface area contributed by atoms with Crippen LogP contribution in [0.3, 0.4) is 0 Å². The lowest BCUT2D eigenvalue weighted by molar-refractivity contribution is 0.102. The molecule has 1 amide bonds. The van der Waals surface area contributed by atoms with Gasteiger partial charge in [0.1, 0.15) is 5.75 Å². The van der Waals surface area contributed by atoms with Crippen molar-refractivity contribution < 1.29 is 9.53 Å². The summed E-state index contributed by atoms with van der Waals surface area (Å²) < 4.78 is 6.68. The van der Waals surface area contributed by atoms with Crippen molar-refractivity contribution >= 4 is 55.1 Å². The van der Waals surface area contributed by atoms with E-state index in [9.17, 15) is 4.79 Å². The standard InChI is InChI=1S/C14H10Br2ClNO2/c1-20-9-3-4-11(16)13(7-9)18-14(19)10-6-8(15)2-5-12(10)17/h2-7H,1H3,(H,18,19). The quantitative estimate of drug-likeness (QED) is 0.749. The molecule has 0 radical (unpaired) electrons. The van der Waals surface area contributed by atoms with Gasteiger partial charge in [-0.3, -0.25) is 4.79 Å². The van der Waals surface area contributed by atoms with Crippen molar-refractivity contribution in [3.05, 3.63) is 55.9 Å². The van der Waals surface area contributed by atoms with Crippen molar-refractivity contribution in [3.8, 4) is 5.75 Å². The highest BCUT2D eigenvalue weighted by Gasteiger charge is 2.13. The molecule has 0 atom stereocenters. The van der Waals surface area contributed by atoms with Crippen LogP contribution in [0.25, 0.3) is 0 Å². The predicted molar refractivity (Wildman–Crippen MR) is 87.8 cm³/mol. The van der Waals surface area contributed by atoms with Gasteiger partial charge in [0, 0.05) is 15.0 Å². The molecule has 0 fully saturated rings. The summed E-state index contributed by atoms with van der Waals surface area (Å²) in [6, 6.07) is 10.4. The second-order valence-electron chi connectivity index (χ2n) is 3.92. The minimum atomic E-state index is -0.287. The third-order valence-corrected chi connectivity index (χ3v) is 4.11. The molecule has 20 heavy (non-hydrogen) atoms. The molecule has 3 nitrogen and oxygen atoms in total. The fourth-order valence-electron chi connectivity index (χ4n) is 1.59. The van der Waals surface area contributed by atoms with Crippen LogP contribution in [0.5, 0.6) is 5.75 Å². The second-order valence-corrected chi connectivity index (χ2v) is 6.10. The monoisotopic (exact) mass is 417 g/mol. The molecule has 0 saturated heterocycles. The molecule has 0 saturated carbocycles. The smallest absolute Gasteiger partial charge is 0.257 e. The molecule has 0 aromatic heterocycles. The van der Waals surface area contributed by atoms with E-state index in [1.54, 1.807) is 43.5 Å². The molecule has 0 aliphatic carbocycles. The number of carbonyl (C=O) groups excluding carboxylic acids is 1. The molecule has 0 heterocycles. The number of halogens is 3. The number of amides is 1. The van der Waals surface area contributed by atoms with Crippen LogP contribution in [0, 0.1) is 0 Å². The van der Waals surface area contributed by atoms with Crippen molar-refractivity contribution in [2.45, 2.75) is 0 Å². The van der Waals surface area contributed by atoms with Crippen molar-refractivity contribution in [1.29, 1.82) is 0 Å². The van der Waals surface area contributed by atoms with Crippen molar-refractivity contribution in [1.82, 2.24) is 0 Å². The highest BCUT2D eigenvalue weighted by atomic mass is 79.9. The Bertz CT molecular complexity index is 662. The van der Waals surface area contributed by atoms with Crippen LogP contribution in [-0.2, 0) is 0 Å². The van der Waals surface area contributed by atoms with Crippen LogP contribution in [0.1, 0.15) is 10.4 Å². The molecule has 2 aromatic carbocycles. The molecular weight excluding hydrogens is 409 g/mol. The van der Waals surface area contributed by atoms with Gasteiger partial charge in [-0.05, 0) is 46.3 Å². The predicted octanol–water partition coefficient (Wildman–Crippen LogP) is 5.13. The summed E-state index contributed by atoms with van der Waals surface area (Å²) >= 11 is 12.7. The number of hydrogen-bond acceptors (Lipinski definition) is 2. The molecule has 0 aliphatic rings. The van der Waals surface area contributed by atoms with E-state index >= 15 is 0 Å². The fourth-order valence-corrected chi connectivity index (χ4v) is 2.50. The molecule has 0 aliphatic heterocycles. The summed E-state index contributed by atoms with van der Waals surface area (Å²) in [5.41, 5.74) is 1.01. The first-order valence-electron chi connectivity index (χ1n) is 5.61. The first-order valence-corrected chi connectivity index (χ1v) is 7.57. The molecule has 2 rings (SSSR count). The van der Waals surface area contributed by atoms with Crippen molar-refractivity contribution in [2.24, 2.45) is 0 Å².